The largest absolute Gasteiger partial charge is 0.504 e. The second-order valence-electron chi connectivity index (χ2n) is 8.06. The van der Waals surface area contributed by atoms with Gasteiger partial charge in [-0.25, -0.2) is 10.4 Å². The van der Waals surface area contributed by atoms with Crippen LogP contribution >= 0.6 is 11.3 Å². The van der Waals surface area contributed by atoms with Gasteiger partial charge in [-0.05, 0) is 68.4 Å². The first-order valence-electron chi connectivity index (χ1n) is 10.7. The quantitative estimate of drug-likeness (QED) is 0.439. The minimum atomic E-state index is -0.770. The molecule has 3 aromatic rings. The summed E-state index contributed by atoms with van der Waals surface area (Å²) in [6, 6.07) is 4.01. The van der Waals surface area contributed by atoms with Crippen LogP contribution in [0.2, 0.25) is 0 Å². The maximum atomic E-state index is 13.2. The molecule has 2 unspecified atom stereocenters. The number of carbonyl (C=O) groups is 1. The molecule has 9 heteroatoms. The molecule has 1 aliphatic rings. The molecule has 0 spiro atoms. The van der Waals surface area contributed by atoms with E-state index >= 15 is 0 Å². The number of hydrogen-bond donors (Lipinski definition) is 2. The van der Waals surface area contributed by atoms with E-state index in [1.807, 2.05) is 6.92 Å². The van der Waals surface area contributed by atoms with Crippen LogP contribution in [0.25, 0.3) is 10.2 Å². The summed E-state index contributed by atoms with van der Waals surface area (Å²) in [6.07, 6.45) is 5.80. The number of carbonyl (C=O) groups excluding carboxylic acids is 1. The molecule has 0 fully saturated rings. The van der Waals surface area contributed by atoms with E-state index in [-0.39, 0.29) is 11.3 Å². The van der Waals surface area contributed by atoms with E-state index in [1.54, 1.807) is 30.4 Å². The summed E-state index contributed by atoms with van der Waals surface area (Å²) in [7, 11) is 0. The molecule has 168 valence electrons. The molecule has 0 bridgehead atoms. The van der Waals surface area contributed by atoms with Gasteiger partial charge in [0.2, 0.25) is 0 Å². The van der Waals surface area contributed by atoms with E-state index in [2.05, 4.69) is 22.4 Å². The molecular weight excluding hydrogens is 428 g/mol. The molecule has 1 aliphatic carbocycles. The second-order valence-corrected chi connectivity index (χ2v) is 9.14. The number of nitrogens with zero attached hydrogens (tertiary/aromatic N) is 3. The number of phenolic OH excluding ortho intramolecular Hbond substituents is 1. The van der Waals surface area contributed by atoms with Crippen molar-refractivity contribution in [2.45, 2.75) is 46.1 Å². The average Bonchev–Trinajstić information content (AvgIpc) is 3.14. The van der Waals surface area contributed by atoms with Gasteiger partial charge >= 0.3 is 0 Å². The zero-order chi connectivity index (χ0) is 22.8. The number of ether oxygens (including phenoxy) is 1. The predicted molar refractivity (Wildman–Crippen MR) is 125 cm³/mol. The van der Waals surface area contributed by atoms with Gasteiger partial charge in [-0.3, -0.25) is 14.2 Å². The average molecular weight is 455 g/mol. The number of hydrazone groups is 1. The Morgan fingerprint density at radius 3 is 3.09 bits per heavy atom. The van der Waals surface area contributed by atoms with E-state index in [1.165, 1.54) is 28.1 Å². The van der Waals surface area contributed by atoms with Crippen molar-refractivity contribution < 1.29 is 14.6 Å². The lowest BCUT2D eigenvalue weighted by Crippen LogP contribution is -2.34. The Kier molecular flexibility index (Phi) is 6.27. The Morgan fingerprint density at radius 1 is 1.50 bits per heavy atom. The monoisotopic (exact) mass is 454 g/mol. The highest BCUT2D eigenvalue weighted by Crippen LogP contribution is 2.35. The molecule has 2 N–H and O–H groups in total. The first kappa shape index (κ1) is 22.0. The second kappa shape index (κ2) is 9.12. The molecule has 1 aromatic carbocycles. The van der Waals surface area contributed by atoms with Gasteiger partial charge < -0.3 is 9.84 Å². The number of benzene rings is 1. The summed E-state index contributed by atoms with van der Waals surface area (Å²) >= 11 is 1.59. The van der Waals surface area contributed by atoms with Crippen LogP contribution in [0, 0.1) is 5.92 Å². The minimum absolute atomic E-state index is 0.0361. The molecule has 8 nitrogen and oxygen atoms in total. The van der Waals surface area contributed by atoms with Crippen LogP contribution in [0.5, 0.6) is 11.5 Å². The summed E-state index contributed by atoms with van der Waals surface area (Å²) in [5.41, 5.74) is 4.04. The van der Waals surface area contributed by atoms with Gasteiger partial charge in [0, 0.05) is 4.88 Å². The zero-order valence-electron chi connectivity index (χ0n) is 18.3. The van der Waals surface area contributed by atoms with Crippen LogP contribution in [0.1, 0.15) is 49.2 Å². The van der Waals surface area contributed by atoms with Crippen molar-refractivity contribution in [1.29, 1.82) is 0 Å². The molecule has 2 atom stereocenters. The van der Waals surface area contributed by atoms with Gasteiger partial charge in [0.05, 0.1) is 24.5 Å². The first-order valence-corrected chi connectivity index (χ1v) is 11.5. The predicted octanol–water partition coefficient (Wildman–Crippen LogP) is 3.40. The van der Waals surface area contributed by atoms with E-state index in [4.69, 9.17) is 4.74 Å². The van der Waals surface area contributed by atoms with Gasteiger partial charge in [0.15, 0.2) is 11.5 Å². The Balaban J connectivity index is 1.52. The van der Waals surface area contributed by atoms with E-state index in [0.717, 1.165) is 29.7 Å². The Bertz CT molecular complexity index is 1250. The van der Waals surface area contributed by atoms with Crippen LogP contribution in [-0.4, -0.2) is 33.4 Å². The molecule has 0 saturated heterocycles. The lowest BCUT2D eigenvalue weighted by atomic mass is 9.89. The van der Waals surface area contributed by atoms with Crippen LogP contribution in [0.3, 0.4) is 0 Å². The molecule has 1 amide bonds. The molecule has 0 aliphatic heterocycles. The third-order valence-electron chi connectivity index (χ3n) is 5.71. The van der Waals surface area contributed by atoms with Crippen molar-refractivity contribution in [1.82, 2.24) is 15.0 Å². The number of hydrogen-bond acceptors (Lipinski definition) is 7. The number of amides is 1. The Hall–Kier alpha value is -3.20. The van der Waals surface area contributed by atoms with Gasteiger partial charge in [0.1, 0.15) is 10.9 Å². The van der Waals surface area contributed by atoms with E-state index in [9.17, 15) is 14.7 Å². The summed E-state index contributed by atoms with van der Waals surface area (Å²) in [6.45, 7) is 6.11. The summed E-state index contributed by atoms with van der Waals surface area (Å²) in [4.78, 5) is 32.3. The number of fused-ring (bicyclic) bond motifs is 3. The van der Waals surface area contributed by atoms with Crippen LogP contribution in [-0.2, 0) is 17.6 Å². The van der Waals surface area contributed by atoms with Crippen molar-refractivity contribution in [2.75, 3.05) is 6.61 Å². The van der Waals surface area contributed by atoms with Crippen LogP contribution in [0.15, 0.2) is 34.4 Å². The molecule has 32 heavy (non-hydrogen) atoms. The Labute approximate surface area is 189 Å². The lowest BCUT2D eigenvalue weighted by Gasteiger charge is -2.18. The fraction of sp³-hybridized carbons (Fsp3) is 0.391. The number of thiophene rings is 1. The number of aromatic nitrogens is 2. The highest BCUT2D eigenvalue weighted by molar-refractivity contribution is 7.18. The van der Waals surface area contributed by atoms with Gasteiger partial charge in [-0.2, -0.15) is 5.10 Å². The van der Waals surface area contributed by atoms with Crippen LogP contribution in [0.4, 0.5) is 0 Å². The number of phenols is 1. The fourth-order valence-corrected chi connectivity index (χ4v) is 5.23. The molecule has 2 heterocycles. The van der Waals surface area contributed by atoms with Crippen molar-refractivity contribution in [3.8, 4) is 11.5 Å². The van der Waals surface area contributed by atoms with E-state index in [0.29, 0.717) is 29.2 Å². The third kappa shape index (κ3) is 4.25. The summed E-state index contributed by atoms with van der Waals surface area (Å²) < 4.78 is 6.71. The molecule has 0 saturated carbocycles. The highest BCUT2D eigenvalue weighted by Gasteiger charge is 2.25. The third-order valence-corrected chi connectivity index (χ3v) is 6.87. The molecular formula is C23H26N4O4S. The number of rotatable bonds is 6. The summed E-state index contributed by atoms with van der Waals surface area (Å²) in [5.74, 6) is 0.564. The molecule has 4 rings (SSSR count). The lowest BCUT2D eigenvalue weighted by molar-refractivity contribution is -0.123. The number of aromatic hydroxyl groups is 1. The van der Waals surface area contributed by atoms with Crippen molar-refractivity contribution in [3.05, 3.63) is 50.9 Å². The van der Waals surface area contributed by atoms with Crippen molar-refractivity contribution in [3.63, 3.8) is 0 Å². The summed E-state index contributed by atoms with van der Waals surface area (Å²) in [5, 5.41) is 14.4. The van der Waals surface area contributed by atoms with Crippen LogP contribution < -0.4 is 15.7 Å². The van der Waals surface area contributed by atoms with Gasteiger partial charge in [-0.1, -0.05) is 6.92 Å². The molecule has 0 radical (unpaired) electrons. The number of aryl methyl sites for hydroxylation is 1. The fourth-order valence-electron chi connectivity index (χ4n) is 3.89. The highest BCUT2D eigenvalue weighted by atomic mass is 32.1. The first-order chi connectivity index (χ1) is 15.4. The Morgan fingerprint density at radius 2 is 2.31 bits per heavy atom. The van der Waals surface area contributed by atoms with Gasteiger partial charge in [-0.15, -0.1) is 11.3 Å². The van der Waals surface area contributed by atoms with Crippen molar-refractivity contribution in [2.24, 2.45) is 11.0 Å². The molecule has 2 aromatic heterocycles. The maximum Gasteiger partial charge on any atom is 0.263 e. The SMILES string of the molecule is CCOc1cc(C=NNC(=O)C(C)n2cnc3sc4c(c3c2=O)CCC(C)C4)ccc1O. The van der Waals surface area contributed by atoms with E-state index < -0.39 is 11.9 Å². The maximum absolute atomic E-state index is 13.2. The van der Waals surface area contributed by atoms with Gasteiger partial charge in [0.25, 0.3) is 11.5 Å². The smallest absolute Gasteiger partial charge is 0.263 e. The topological polar surface area (TPSA) is 106 Å². The number of nitrogens with one attached hydrogen (secondary N) is 1. The normalized spacial score (nSPS) is 16.8. The standard InChI is InChI=1S/C23H26N4O4S/c1-4-31-18-10-15(6-8-17(18)28)11-25-26-21(29)14(3)27-12-24-22-20(23(27)30)16-7-5-13(2)9-19(16)32-22/h6,8,10-14,28H,4-5,7,9H2,1-3H3,(H,26,29). The zero-order valence-corrected chi connectivity index (χ0v) is 19.1. The van der Waals surface area contributed by atoms with Crippen molar-refractivity contribution >= 4 is 33.7 Å². The minimum Gasteiger partial charge on any atom is -0.504 e.